The highest BCUT2D eigenvalue weighted by Gasteiger charge is 2.33. The second-order valence-corrected chi connectivity index (χ2v) is 34.7. The molecule has 10 aliphatic carbocycles. The molecule has 0 N–H and O–H groups in total. The van der Waals surface area contributed by atoms with Crippen LogP contribution < -0.4 is 0 Å². The van der Waals surface area contributed by atoms with Crippen molar-refractivity contribution in [2.24, 2.45) is 0 Å². The van der Waals surface area contributed by atoms with E-state index in [0.717, 1.165) is 64.2 Å². The van der Waals surface area contributed by atoms with Crippen LogP contribution in [0.1, 0.15) is 159 Å². The number of aryl methyl sites for hydroxylation is 6. The van der Waals surface area contributed by atoms with Gasteiger partial charge in [0.2, 0.25) is 0 Å². The van der Waals surface area contributed by atoms with E-state index in [1.54, 1.807) is 0 Å². The van der Waals surface area contributed by atoms with Gasteiger partial charge in [0.15, 0.2) is 0 Å². The van der Waals surface area contributed by atoms with E-state index in [-0.39, 0.29) is 14.3 Å². The Kier molecular flexibility index (Phi) is 12.5. The van der Waals surface area contributed by atoms with E-state index >= 15 is 0 Å². The third-order valence-corrected chi connectivity index (χ3v) is 27.4. The molecule has 27 rings (SSSR count). The molecule has 0 heteroatoms. The van der Waals surface area contributed by atoms with E-state index in [1.807, 2.05) is 0 Å². The highest BCUT2D eigenvalue weighted by atomic mass is 14.4. The standard InChI is InChI=1S/C40H28.C37H26.C33H24.10H2/c1-21-3-5-33-25(7-21)11-29-19-39-31(17-35(29)33)13-27-9-24-16-38-28(10-23(24)15-37(27)39)14-32-18-36-30(20-40(32)38)12-26-8-22(2)4-6-34(26)36;1-20-3-5-32-26(7-20)13-28-9-24-18-36-30(11-22(24)16-34(28)32)15-31-12-23-17-35-29(10-25(23)19-37(31)36)14-27-8-21(2)4-6-33(27)35;1-18-3-5-28-22(7-18)11-24-9-21-15-32-25(10-20(21)14-30(24)28)13-27-16-31-26(17-33(27)32)12-23-8-19(2)4-6-29(23)31;;;;;;;;;;/h3-10,15-20H,11-14H2,1-2H3;3-12,16-19H,13-15H2,1-2H3;3-10,14-17H,11-13H2,1-2H3;10*1H/i;;;10*1+1. The predicted octanol–water partition coefficient (Wildman–Crippen LogP) is 29.7. The quantitative estimate of drug-likeness (QED) is 0.142. The molecule has 0 heterocycles. The Balaban J connectivity index is 0.000000135. The van der Waals surface area contributed by atoms with E-state index in [4.69, 9.17) is 0 Å². The Morgan fingerprint density at radius 3 is 0.382 bits per heavy atom. The fourth-order valence-electron chi connectivity index (χ4n) is 22.2. The second kappa shape index (κ2) is 22.2. The van der Waals surface area contributed by atoms with Crippen molar-refractivity contribution in [2.75, 3.05) is 0 Å². The first-order valence-electron chi connectivity index (χ1n) is 40.2. The molecule has 110 heavy (non-hydrogen) atoms. The highest BCUT2D eigenvalue weighted by Crippen LogP contribution is 2.53. The van der Waals surface area contributed by atoms with Crippen LogP contribution in [-0.4, -0.2) is 0 Å². The summed E-state index contributed by atoms with van der Waals surface area (Å²) in [6, 6.07) is 95.9. The summed E-state index contributed by atoms with van der Waals surface area (Å²) in [4.78, 5) is 0. The molecule has 0 radical (unpaired) electrons. The molecular weight excluding hydrogens is 1320 g/mol. The fraction of sp³-hybridized carbons (Fsp3) is 0.145. The Hall–Kier alpha value is -12.2. The summed E-state index contributed by atoms with van der Waals surface area (Å²) in [5.41, 5.74) is 66.4. The van der Waals surface area contributed by atoms with Gasteiger partial charge in [0.1, 0.15) is 0 Å². The van der Waals surface area contributed by atoms with Crippen molar-refractivity contribution in [1.82, 2.24) is 0 Å². The van der Waals surface area contributed by atoms with Crippen LogP contribution in [0.25, 0.3) is 154 Å². The molecule has 0 bridgehead atoms. The van der Waals surface area contributed by atoms with Crippen LogP contribution in [0.3, 0.4) is 0 Å². The largest absolute Gasteiger partial charge is 0.0587 e. The topological polar surface area (TPSA) is 0 Å². The number of hydrogen-bond acceptors (Lipinski definition) is 0. The van der Waals surface area contributed by atoms with Crippen LogP contribution in [0.5, 0.6) is 0 Å². The normalized spacial score (nSPS) is 14.1. The Morgan fingerprint density at radius 2 is 0.227 bits per heavy atom. The maximum absolute atomic E-state index is 2.50. The molecule has 17 aromatic rings. The van der Waals surface area contributed by atoms with E-state index in [0.29, 0.717) is 0 Å². The van der Waals surface area contributed by atoms with Gasteiger partial charge in [-0.1, -0.05) is 191 Å². The van der Waals surface area contributed by atoms with E-state index in [9.17, 15) is 0 Å². The molecule has 0 nitrogen and oxygen atoms in total. The maximum atomic E-state index is 2.50. The molecule has 10 aliphatic rings. The lowest BCUT2D eigenvalue weighted by Gasteiger charge is -2.10. The van der Waals surface area contributed by atoms with Gasteiger partial charge >= 0.3 is 0 Å². The van der Waals surface area contributed by atoms with Gasteiger partial charge < -0.3 is 0 Å². The number of hydrogen-bond donors (Lipinski definition) is 0. The molecule has 17 aromatic carbocycles. The first-order chi connectivity index (χ1) is 53.7. The molecule has 0 saturated heterocycles. The van der Waals surface area contributed by atoms with Gasteiger partial charge in [0.05, 0.1) is 0 Å². The SMILES string of the molecule is Cc1ccc2c(c1)Cc1cc3c(cc1-2)Cc1cc2cc4c(cc2cc1-3)Cc1cc(C)ccc1-4.Cc1ccc2c(c1)Cc1cc3c(cc1-2)Cc1cc2cc4c(cc2cc1-3)Cc1cc2c(cc1-4)Cc1cc(C)ccc1-2.Cc1ccc2c(c1)Cc1cc3cc4c(cc3cc1-2)Cc1cc2cc3c(cc2cc1-4)Cc1cc(C)ccc1-3.[2HH].[2HH].[2HH].[2HH].[2HH].[2HH].[2HH].[2HH].[2HH].[2HH]. The van der Waals surface area contributed by atoms with Crippen molar-refractivity contribution in [3.8, 4) is 111 Å². The predicted molar refractivity (Wildman–Crippen MR) is 481 cm³/mol. The first kappa shape index (κ1) is 61.8. The number of fused-ring (bicyclic) bond motifs is 34. The summed E-state index contributed by atoms with van der Waals surface area (Å²) in [6.07, 6.45) is 10.5. The second-order valence-electron chi connectivity index (χ2n) is 34.7. The third-order valence-electron chi connectivity index (χ3n) is 27.4. The average Bonchev–Trinajstić information content (AvgIpc) is 1.57. The van der Waals surface area contributed by atoms with Gasteiger partial charge in [0.25, 0.3) is 0 Å². The van der Waals surface area contributed by atoms with Gasteiger partial charge in [-0.15, -0.1) is 0 Å². The summed E-state index contributed by atoms with van der Waals surface area (Å²) in [5, 5.41) is 11.0. The molecule has 0 aliphatic heterocycles. The Morgan fingerprint density at radius 1 is 0.118 bits per heavy atom. The fourth-order valence-corrected chi connectivity index (χ4v) is 22.2. The molecule has 0 saturated carbocycles. The van der Waals surface area contributed by atoms with Crippen molar-refractivity contribution in [1.29, 1.82) is 0 Å². The van der Waals surface area contributed by atoms with Crippen LogP contribution in [0.15, 0.2) is 243 Å². The molecular formula is C110H98. The third kappa shape index (κ3) is 9.20. The Labute approximate surface area is 657 Å². The van der Waals surface area contributed by atoms with Crippen LogP contribution >= 0.6 is 0 Å². The van der Waals surface area contributed by atoms with Crippen molar-refractivity contribution in [3.05, 3.63) is 387 Å². The summed E-state index contributed by atoms with van der Waals surface area (Å²) in [6.45, 7) is 13.2. The summed E-state index contributed by atoms with van der Waals surface area (Å²) in [5.74, 6) is 0. The number of rotatable bonds is 0. The summed E-state index contributed by atoms with van der Waals surface area (Å²) >= 11 is 0. The van der Waals surface area contributed by atoms with Crippen molar-refractivity contribution < 1.29 is 14.3 Å². The maximum Gasteiger partial charge on any atom is 0 e. The zero-order chi connectivity index (χ0) is 72.5. The molecule has 0 unspecified atom stereocenters. The van der Waals surface area contributed by atoms with E-state index in [2.05, 4.69) is 284 Å². The molecule has 0 atom stereocenters. The van der Waals surface area contributed by atoms with Gasteiger partial charge in [-0.3, -0.25) is 0 Å². The van der Waals surface area contributed by atoms with Gasteiger partial charge in [-0.05, 0) is 456 Å². The molecule has 0 spiro atoms. The smallest absolute Gasteiger partial charge is 0 e. The Bertz CT molecular complexity index is 7000. The average molecular weight is 1430 g/mol. The van der Waals surface area contributed by atoms with Crippen LogP contribution in [0.4, 0.5) is 0 Å². The molecule has 0 fully saturated rings. The van der Waals surface area contributed by atoms with Crippen LogP contribution in [0, 0.1) is 41.5 Å². The van der Waals surface area contributed by atoms with Crippen molar-refractivity contribution in [3.63, 3.8) is 0 Å². The lowest BCUT2D eigenvalue weighted by molar-refractivity contribution is 1.23. The minimum atomic E-state index is 0. The van der Waals surface area contributed by atoms with E-state index in [1.165, 1.54) is 299 Å². The van der Waals surface area contributed by atoms with Crippen molar-refractivity contribution >= 4 is 43.1 Å². The zero-order valence-corrected chi connectivity index (χ0v) is 63.2. The monoisotopic (exact) mass is 1430 g/mol. The summed E-state index contributed by atoms with van der Waals surface area (Å²) in [7, 11) is 0. The van der Waals surface area contributed by atoms with Crippen LogP contribution in [0.2, 0.25) is 0 Å². The molecule has 0 aromatic heterocycles. The highest BCUT2D eigenvalue weighted by molar-refractivity contribution is 6.04. The summed E-state index contributed by atoms with van der Waals surface area (Å²) < 4.78 is 0. The molecule has 0 amide bonds. The van der Waals surface area contributed by atoms with Gasteiger partial charge in [-0.25, -0.2) is 0 Å². The van der Waals surface area contributed by atoms with Gasteiger partial charge in [0, 0.05) is 14.3 Å². The van der Waals surface area contributed by atoms with Gasteiger partial charge in [-0.2, -0.15) is 0 Å². The minimum absolute atomic E-state index is 0. The lowest BCUT2D eigenvalue weighted by Crippen LogP contribution is -1.86. The first-order valence-corrected chi connectivity index (χ1v) is 40.2. The zero-order valence-electron chi connectivity index (χ0n) is 63.2. The van der Waals surface area contributed by atoms with E-state index < -0.39 is 0 Å². The molecule has 538 valence electrons. The number of benzene rings is 17. The van der Waals surface area contributed by atoms with Crippen LogP contribution in [-0.2, 0) is 64.2 Å². The minimum Gasteiger partial charge on any atom is -0.0587 e. The lowest BCUT2D eigenvalue weighted by atomic mass is 9.94. The van der Waals surface area contributed by atoms with Crippen molar-refractivity contribution in [2.45, 2.75) is 106 Å².